The number of anilines is 1. The lowest BCUT2D eigenvalue weighted by atomic mass is 10.3. The number of rotatable bonds is 0. The van der Waals surface area contributed by atoms with Crippen LogP contribution in [-0.4, -0.2) is 0 Å². The van der Waals surface area contributed by atoms with Gasteiger partial charge in [0, 0.05) is 5.69 Å². The lowest BCUT2D eigenvalue weighted by Gasteiger charge is -1.83. The lowest BCUT2D eigenvalue weighted by molar-refractivity contribution is 1.11. The van der Waals surface area contributed by atoms with E-state index in [0.717, 1.165) is 5.69 Å². The quantitative estimate of drug-likeness (QED) is 0.560. The van der Waals surface area contributed by atoms with E-state index < -0.39 is 0 Å². The first-order valence-electron chi connectivity index (χ1n) is 2.20. The van der Waals surface area contributed by atoms with Crippen LogP contribution >= 0.6 is 12.4 Å². The number of halogens is 2. The smallest absolute Gasteiger partial charge is 0.0313 e. The Balaban J connectivity index is 0. The van der Waals surface area contributed by atoms with Crippen LogP contribution in [0.4, 0.5) is 10.4 Å². The maximum Gasteiger partial charge on any atom is 0.0313 e. The van der Waals surface area contributed by atoms with Crippen LogP contribution < -0.4 is 5.73 Å². The summed E-state index contributed by atoms with van der Waals surface area (Å²) in [7, 11) is 0. The predicted molar refractivity (Wildman–Crippen MR) is 40.6 cm³/mol. The van der Waals surface area contributed by atoms with E-state index >= 15 is 0 Å². The number of benzene rings is 1. The number of hydrogen-bond acceptors (Lipinski definition) is 1. The molecule has 0 radical (unpaired) electrons. The molecule has 0 aliphatic heterocycles. The second-order valence-corrected chi connectivity index (χ2v) is 1.41. The van der Waals surface area contributed by atoms with Crippen molar-refractivity contribution in [2.75, 3.05) is 5.73 Å². The number of para-hydroxylation sites is 1. The van der Waals surface area contributed by atoms with Gasteiger partial charge in [-0.15, -0.1) is 12.4 Å². The van der Waals surface area contributed by atoms with Crippen molar-refractivity contribution in [3.63, 3.8) is 0 Å². The van der Waals surface area contributed by atoms with Gasteiger partial charge >= 0.3 is 0 Å². The van der Waals surface area contributed by atoms with Gasteiger partial charge in [0.05, 0.1) is 0 Å². The molecule has 52 valence electrons. The molecule has 0 unspecified atom stereocenters. The summed E-state index contributed by atoms with van der Waals surface area (Å²) in [5.74, 6) is 0. The van der Waals surface area contributed by atoms with E-state index in [1.54, 1.807) is 0 Å². The Kier molecular flexibility index (Phi) is 6.63. The van der Waals surface area contributed by atoms with Crippen LogP contribution in [-0.2, 0) is 0 Å². The Morgan fingerprint density at radius 2 is 1.44 bits per heavy atom. The molecule has 3 heteroatoms. The molecular formula is C6H9ClFN. The zero-order valence-electron chi connectivity index (χ0n) is 4.78. The maximum atomic E-state index is 5.36. The van der Waals surface area contributed by atoms with Gasteiger partial charge in [-0.2, -0.15) is 0 Å². The molecule has 0 aliphatic carbocycles. The summed E-state index contributed by atoms with van der Waals surface area (Å²) in [6.45, 7) is 0. The van der Waals surface area contributed by atoms with Crippen LogP contribution in [0.1, 0.15) is 0 Å². The minimum absolute atomic E-state index is 0. The van der Waals surface area contributed by atoms with Crippen LogP contribution in [0.15, 0.2) is 30.3 Å². The Bertz CT molecular complexity index is 143. The van der Waals surface area contributed by atoms with Gasteiger partial charge in [0.15, 0.2) is 0 Å². The molecule has 2 N–H and O–H groups in total. The van der Waals surface area contributed by atoms with Crippen LogP contribution in [0.25, 0.3) is 0 Å². The first kappa shape index (κ1) is 11.1. The zero-order valence-corrected chi connectivity index (χ0v) is 5.60. The fraction of sp³-hybridized carbons (Fsp3) is 0. The molecule has 0 saturated heterocycles. The molecule has 0 aliphatic rings. The fourth-order valence-electron chi connectivity index (χ4n) is 0.453. The maximum absolute atomic E-state index is 5.36. The highest BCUT2D eigenvalue weighted by Crippen LogP contribution is 1.95. The Labute approximate surface area is 59.7 Å². The van der Waals surface area contributed by atoms with E-state index in [4.69, 9.17) is 5.73 Å². The molecule has 1 aromatic rings. The normalized spacial score (nSPS) is 6.67. The molecule has 0 atom stereocenters. The molecule has 0 amide bonds. The molecular weight excluding hydrogens is 141 g/mol. The Morgan fingerprint density at radius 3 is 1.67 bits per heavy atom. The van der Waals surface area contributed by atoms with Crippen molar-refractivity contribution < 1.29 is 4.70 Å². The average Bonchev–Trinajstić information content (AvgIpc) is 1.69. The van der Waals surface area contributed by atoms with E-state index in [2.05, 4.69) is 0 Å². The Morgan fingerprint density at radius 1 is 1.00 bits per heavy atom. The summed E-state index contributed by atoms with van der Waals surface area (Å²) in [4.78, 5) is 0. The first-order chi connectivity index (χ1) is 3.39. The molecule has 1 aromatic carbocycles. The standard InChI is InChI=1S/C6H7N.ClH.FH/c7-6-4-2-1-3-5-6;;/h1-5H,7H2;2*1H. The van der Waals surface area contributed by atoms with E-state index in [1.165, 1.54) is 0 Å². The summed E-state index contributed by atoms with van der Waals surface area (Å²) >= 11 is 0. The van der Waals surface area contributed by atoms with Crippen molar-refractivity contribution in [3.8, 4) is 0 Å². The molecule has 0 saturated carbocycles. The monoisotopic (exact) mass is 149 g/mol. The molecule has 0 fully saturated rings. The molecule has 0 spiro atoms. The molecule has 1 rings (SSSR count). The van der Waals surface area contributed by atoms with E-state index in [9.17, 15) is 0 Å². The van der Waals surface area contributed by atoms with Gasteiger partial charge < -0.3 is 5.73 Å². The van der Waals surface area contributed by atoms with Crippen molar-refractivity contribution >= 4 is 18.1 Å². The predicted octanol–water partition coefficient (Wildman–Crippen LogP) is 1.84. The van der Waals surface area contributed by atoms with Crippen molar-refractivity contribution in [2.24, 2.45) is 0 Å². The van der Waals surface area contributed by atoms with Gasteiger partial charge in [-0.1, -0.05) is 18.2 Å². The lowest BCUT2D eigenvalue weighted by Crippen LogP contribution is -1.79. The second kappa shape index (κ2) is 5.38. The van der Waals surface area contributed by atoms with Crippen molar-refractivity contribution in [3.05, 3.63) is 30.3 Å². The topological polar surface area (TPSA) is 26.0 Å². The van der Waals surface area contributed by atoms with Crippen molar-refractivity contribution in [1.29, 1.82) is 0 Å². The highest BCUT2D eigenvalue weighted by molar-refractivity contribution is 5.85. The largest absolute Gasteiger partial charge is 0.399 e. The molecule has 0 heterocycles. The van der Waals surface area contributed by atoms with Crippen molar-refractivity contribution in [2.45, 2.75) is 0 Å². The third kappa shape index (κ3) is 3.79. The molecule has 1 nitrogen and oxygen atoms in total. The Hall–Kier alpha value is -0.760. The van der Waals surface area contributed by atoms with Gasteiger partial charge in [0.25, 0.3) is 0 Å². The minimum atomic E-state index is 0. The van der Waals surface area contributed by atoms with Gasteiger partial charge in [-0.3, -0.25) is 4.70 Å². The summed E-state index contributed by atoms with van der Waals surface area (Å²) in [5.41, 5.74) is 6.18. The highest BCUT2D eigenvalue weighted by atomic mass is 35.5. The average molecular weight is 150 g/mol. The molecule has 0 bridgehead atoms. The van der Waals surface area contributed by atoms with E-state index in [-0.39, 0.29) is 17.1 Å². The van der Waals surface area contributed by atoms with Crippen LogP contribution in [0, 0.1) is 0 Å². The van der Waals surface area contributed by atoms with Gasteiger partial charge in [0.1, 0.15) is 0 Å². The highest BCUT2D eigenvalue weighted by Gasteiger charge is 1.72. The van der Waals surface area contributed by atoms with E-state index in [1.807, 2.05) is 30.3 Å². The van der Waals surface area contributed by atoms with E-state index in [0.29, 0.717) is 0 Å². The zero-order chi connectivity index (χ0) is 5.11. The third-order valence-electron chi connectivity index (χ3n) is 0.800. The number of nitrogen functional groups attached to an aromatic ring is 1. The summed E-state index contributed by atoms with van der Waals surface area (Å²) in [5, 5.41) is 0. The summed E-state index contributed by atoms with van der Waals surface area (Å²) in [6.07, 6.45) is 0. The summed E-state index contributed by atoms with van der Waals surface area (Å²) in [6, 6.07) is 9.49. The summed E-state index contributed by atoms with van der Waals surface area (Å²) < 4.78 is 0. The third-order valence-corrected chi connectivity index (χ3v) is 0.800. The molecule has 9 heavy (non-hydrogen) atoms. The minimum Gasteiger partial charge on any atom is -0.399 e. The fourth-order valence-corrected chi connectivity index (χ4v) is 0.453. The van der Waals surface area contributed by atoms with Gasteiger partial charge in [-0.25, -0.2) is 0 Å². The second-order valence-electron chi connectivity index (χ2n) is 1.41. The molecule has 0 aromatic heterocycles. The van der Waals surface area contributed by atoms with Crippen LogP contribution in [0.5, 0.6) is 0 Å². The SMILES string of the molecule is Cl.F.Nc1ccccc1. The number of nitrogens with two attached hydrogens (primary N) is 1. The first-order valence-corrected chi connectivity index (χ1v) is 2.20. The number of hydrogen-bond donors (Lipinski definition) is 1. The van der Waals surface area contributed by atoms with Crippen LogP contribution in [0.3, 0.4) is 0 Å². The van der Waals surface area contributed by atoms with Crippen molar-refractivity contribution in [1.82, 2.24) is 0 Å². The van der Waals surface area contributed by atoms with Gasteiger partial charge in [-0.05, 0) is 12.1 Å². The van der Waals surface area contributed by atoms with Gasteiger partial charge in [0.2, 0.25) is 0 Å². The van der Waals surface area contributed by atoms with Crippen LogP contribution in [0.2, 0.25) is 0 Å².